The second kappa shape index (κ2) is 11.7. The van der Waals surface area contributed by atoms with Gasteiger partial charge >= 0.3 is 0 Å². The summed E-state index contributed by atoms with van der Waals surface area (Å²) in [7, 11) is 0. The van der Waals surface area contributed by atoms with Crippen molar-refractivity contribution in [3.05, 3.63) is 112 Å². The summed E-state index contributed by atoms with van der Waals surface area (Å²) in [6, 6.07) is 14.8. The molecule has 0 heterocycles. The van der Waals surface area contributed by atoms with E-state index in [1.54, 1.807) is 0 Å². The molecule has 150 valence electrons. The molecule has 0 bridgehead atoms. The minimum absolute atomic E-state index is 0.700. The third kappa shape index (κ3) is 7.32. The van der Waals surface area contributed by atoms with Crippen LogP contribution in [0.1, 0.15) is 48.1 Å². The molecular formula is C28H27NS. The second-order valence-electron chi connectivity index (χ2n) is 7.11. The van der Waals surface area contributed by atoms with E-state index < -0.39 is 0 Å². The van der Waals surface area contributed by atoms with Gasteiger partial charge < -0.3 is 0 Å². The Morgan fingerprint density at radius 1 is 1.03 bits per heavy atom. The molecule has 0 radical (unpaired) electrons. The molecular weight excluding hydrogens is 382 g/mol. The third-order valence-electron chi connectivity index (χ3n) is 4.64. The minimum Gasteiger partial charge on any atom is -0.185 e. The van der Waals surface area contributed by atoms with Crippen molar-refractivity contribution >= 4 is 17.8 Å². The number of rotatable bonds is 7. The van der Waals surface area contributed by atoms with E-state index in [-0.39, 0.29) is 0 Å². The predicted octanol–water partition coefficient (Wildman–Crippen LogP) is 7.59. The summed E-state index contributed by atoms with van der Waals surface area (Å²) in [5.41, 5.74) is 7.66. The Hall–Kier alpha value is -3.20. The number of hydrogen-bond donors (Lipinski definition) is 0. The number of nitrogens with zero attached hydrogens (tertiary/aromatic N) is 1. The molecule has 0 saturated heterocycles. The maximum atomic E-state index is 8.67. The molecule has 0 aliphatic carbocycles. The molecule has 0 aliphatic rings. The van der Waals surface area contributed by atoms with Crippen LogP contribution in [0.5, 0.6) is 0 Å². The predicted molar refractivity (Wildman–Crippen MR) is 132 cm³/mol. The zero-order chi connectivity index (χ0) is 21.9. The van der Waals surface area contributed by atoms with Crippen LogP contribution in [0.3, 0.4) is 0 Å². The summed E-state index contributed by atoms with van der Waals surface area (Å²) < 4.78 is 0. The van der Waals surface area contributed by atoms with Gasteiger partial charge in [0.15, 0.2) is 0 Å². The van der Waals surface area contributed by atoms with Gasteiger partial charge in [0.2, 0.25) is 0 Å². The van der Waals surface area contributed by atoms with Crippen LogP contribution >= 0.6 is 11.8 Å². The molecule has 0 N–H and O–H groups in total. The summed E-state index contributed by atoms with van der Waals surface area (Å²) in [5.74, 6) is 6.52. The molecule has 30 heavy (non-hydrogen) atoms. The molecule has 0 aliphatic heterocycles. The summed E-state index contributed by atoms with van der Waals surface area (Å²) in [6.45, 7) is 14.2. The molecule has 0 spiro atoms. The van der Waals surface area contributed by atoms with Gasteiger partial charge in [-0.2, -0.15) is 5.26 Å². The highest BCUT2D eigenvalue weighted by atomic mass is 32.2. The summed E-state index contributed by atoms with van der Waals surface area (Å²) in [5, 5.41) is 10.7. The van der Waals surface area contributed by atoms with Crippen LogP contribution in [0, 0.1) is 29.4 Å². The Kier molecular flexibility index (Phi) is 9.02. The molecule has 0 fully saturated rings. The fraction of sp³-hybridized carbons (Fsp3) is 0.179. The van der Waals surface area contributed by atoms with Crippen molar-refractivity contribution < 1.29 is 0 Å². The zero-order valence-electron chi connectivity index (χ0n) is 18.0. The van der Waals surface area contributed by atoms with Crippen LogP contribution in [-0.2, 0) is 6.42 Å². The van der Waals surface area contributed by atoms with Gasteiger partial charge in [-0.1, -0.05) is 68.7 Å². The molecule has 1 nitrogen and oxygen atoms in total. The SMILES string of the molecule is C=C(/C=C\C(=C)/C(C)=C/c1ccc(C#Cc2ccc(CCC)cc2)cc1C)SC#N. The number of thiocyanates is 1. The lowest BCUT2D eigenvalue weighted by Crippen LogP contribution is -1.87. The first-order valence-corrected chi connectivity index (χ1v) is 10.8. The van der Waals surface area contributed by atoms with Crippen molar-refractivity contribution in [1.82, 2.24) is 0 Å². The standard InChI is InChI=1S/C28H27NS/c1-6-7-25-10-12-26(13-11-25)14-15-27-16-17-28(23(4)18-27)19-22(3)21(2)8-9-24(5)30-20-29/h8-13,16-19H,2,5-7H2,1,3-4H3/b9-8-,22-19+. The number of allylic oxidation sites excluding steroid dienone is 4. The van der Waals surface area contributed by atoms with E-state index in [9.17, 15) is 0 Å². The van der Waals surface area contributed by atoms with Crippen LogP contribution < -0.4 is 0 Å². The molecule has 0 unspecified atom stereocenters. The quantitative estimate of drug-likeness (QED) is 0.267. The first-order chi connectivity index (χ1) is 14.4. The molecule has 0 aromatic heterocycles. The average molecular weight is 410 g/mol. The minimum atomic E-state index is 0.700. The number of nitriles is 1. The Balaban J connectivity index is 2.11. The molecule has 0 saturated carbocycles. The van der Waals surface area contributed by atoms with Crippen LogP contribution in [0.15, 0.2) is 83.8 Å². The molecule has 0 atom stereocenters. The van der Waals surface area contributed by atoms with Gasteiger partial charge in [0.05, 0.1) is 0 Å². The second-order valence-corrected chi connectivity index (χ2v) is 8.02. The molecule has 2 aromatic rings. The van der Waals surface area contributed by atoms with Gasteiger partial charge in [0, 0.05) is 16.0 Å². The van der Waals surface area contributed by atoms with Crippen molar-refractivity contribution in [2.24, 2.45) is 0 Å². The number of aryl methyl sites for hydroxylation is 2. The van der Waals surface area contributed by atoms with Gasteiger partial charge in [0.25, 0.3) is 0 Å². The van der Waals surface area contributed by atoms with E-state index in [2.05, 4.69) is 87.4 Å². The fourth-order valence-electron chi connectivity index (χ4n) is 2.85. The highest BCUT2D eigenvalue weighted by molar-refractivity contribution is 8.07. The lowest BCUT2D eigenvalue weighted by atomic mass is 10.00. The average Bonchev–Trinajstić information content (AvgIpc) is 2.73. The van der Waals surface area contributed by atoms with Gasteiger partial charge in [-0.25, -0.2) is 0 Å². The van der Waals surface area contributed by atoms with Crippen LogP contribution in [0.2, 0.25) is 0 Å². The van der Waals surface area contributed by atoms with E-state index in [4.69, 9.17) is 5.26 Å². The molecule has 2 aromatic carbocycles. The smallest absolute Gasteiger partial charge is 0.138 e. The van der Waals surface area contributed by atoms with E-state index in [1.807, 2.05) is 24.5 Å². The topological polar surface area (TPSA) is 23.8 Å². The van der Waals surface area contributed by atoms with E-state index in [0.29, 0.717) is 4.91 Å². The molecule has 2 rings (SSSR count). The van der Waals surface area contributed by atoms with Crippen molar-refractivity contribution in [3.63, 3.8) is 0 Å². The van der Waals surface area contributed by atoms with Gasteiger partial charge in [0.1, 0.15) is 5.40 Å². The Labute approximate surface area is 185 Å². The van der Waals surface area contributed by atoms with E-state index >= 15 is 0 Å². The molecule has 0 amide bonds. The highest BCUT2D eigenvalue weighted by Gasteiger charge is 2.00. The van der Waals surface area contributed by atoms with Gasteiger partial charge in [-0.15, -0.1) is 0 Å². The number of benzene rings is 2. The summed E-state index contributed by atoms with van der Waals surface area (Å²) in [6.07, 6.45) is 8.08. The Morgan fingerprint density at radius 3 is 2.33 bits per heavy atom. The van der Waals surface area contributed by atoms with Gasteiger partial charge in [-0.3, -0.25) is 0 Å². The van der Waals surface area contributed by atoms with Crippen LogP contribution in [0.4, 0.5) is 0 Å². The van der Waals surface area contributed by atoms with Crippen LogP contribution in [-0.4, -0.2) is 0 Å². The maximum absolute atomic E-state index is 8.67. The maximum Gasteiger partial charge on any atom is 0.138 e. The third-order valence-corrected chi connectivity index (χ3v) is 5.13. The first-order valence-electron chi connectivity index (χ1n) is 9.95. The normalized spacial score (nSPS) is 10.9. The van der Waals surface area contributed by atoms with E-state index in [0.717, 1.165) is 52.4 Å². The largest absolute Gasteiger partial charge is 0.185 e. The Bertz CT molecular complexity index is 1080. The fourth-order valence-corrected chi connectivity index (χ4v) is 3.10. The Morgan fingerprint density at radius 2 is 1.70 bits per heavy atom. The summed E-state index contributed by atoms with van der Waals surface area (Å²) >= 11 is 1.05. The van der Waals surface area contributed by atoms with Crippen molar-refractivity contribution in [1.29, 1.82) is 5.26 Å². The van der Waals surface area contributed by atoms with Crippen molar-refractivity contribution in [2.75, 3.05) is 0 Å². The van der Waals surface area contributed by atoms with Crippen LogP contribution in [0.25, 0.3) is 6.08 Å². The van der Waals surface area contributed by atoms with E-state index in [1.165, 1.54) is 11.1 Å². The zero-order valence-corrected chi connectivity index (χ0v) is 18.8. The summed E-state index contributed by atoms with van der Waals surface area (Å²) in [4.78, 5) is 0.700. The van der Waals surface area contributed by atoms with Gasteiger partial charge in [-0.05, 0) is 90.2 Å². The highest BCUT2D eigenvalue weighted by Crippen LogP contribution is 2.20. The number of thioether (sulfide) groups is 1. The number of hydrogen-bond acceptors (Lipinski definition) is 2. The van der Waals surface area contributed by atoms with Crippen molar-refractivity contribution in [3.8, 4) is 17.2 Å². The van der Waals surface area contributed by atoms with Crippen molar-refractivity contribution in [2.45, 2.75) is 33.6 Å². The lowest BCUT2D eigenvalue weighted by Gasteiger charge is -2.05. The first kappa shape index (κ1) is 23.1. The lowest BCUT2D eigenvalue weighted by molar-refractivity contribution is 0.922. The molecule has 2 heteroatoms. The monoisotopic (exact) mass is 409 g/mol.